The fourth-order valence-corrected chi connectivity index (χ4v) is 3.14. The van der Waals surface area contributed by atoms with E-state index in [9.17, 15) is 4.79 Å². The first kappa shape index (κ1) is 17.0. The molecular formula is C18H18N2O4S. The molecule has 25 heavy (non-hydrogen) atoms. The number of ether oxygens (including phenoxy) is 3. The maximum atomic E-state index is 12.1. The van der Waals surface area contributed by atoms with E-state index in [4.69, 9.17) is 14.2 Å². The Labute approximate surface area is 149 Å². The summed E-state index contributed by atoms with van der Waals surface area (Å²) in [4.78, 5) is 16.5. The quantitative estimate of drug-likeness (QED) is 0.697. The number of nitrogens with one attached hydrogen (secondary N) is 1. The Hall–Kier alpha value is -2.80. The van der Waals surface area contributed by atoms with Crippen molar-refractivity contribution < 1.29 is 19.0 Å². The zero-order chi connectivity index (χ0) is 17.6. The van der Waals surface area contributed by atoms with Crippen LogP contribution >= 0.6 is 11.3 Å². The van der Waals surface area contributed by atoms with E-state index in [0.717, 1.165) is 16.0 Å². The molecule has 0 fully saturated rings. The van der Waals surface area contributed by atoms with Crippen LogP contribution in [0.2, 0.25) is 0 Å². The topological polar surface area (TPSA) is 69.7 Å². The van der Waals surface area contributed by atoms with Crippen molar-refractivity contribution >= 4 is 32.6 Å². The number of hydrogen-bond acceptors (Lipinski definition) is 6. The molecule has 7 heteroatoms. The van der Waals surface area contributed by atoms with E-state index >= 15 is 0 Å². The van der Waals surface area contributed by atoms with Crippen LogP contribution in [0.5, 0.6) is 17.2 Å². The highest BCUT2D eigenvalue weighted by atomic mass is 32.1. The molecule has 0 aliphatic heterocycles. The van der Waals surface area contributed by atoms with E-state index in [0.29, 0.717) is 23.2 Å². The molecule has 0 bridgehead atoms. The Morgan fingerprint density at radius 1 is 1.16 bits per heavy atom. The lowest BCUT2D eigenvalue weighted by Crippen LogP contribution is -2.20. The summed E-state index contributed by atoms with van der Waals surface area (Å²) in [5, 5.41) is 3.28. The van der Waals surface area contributed by atoms with Gasteiger partial charge in [-0.15, -0.1) is 0 Å². The van der Waals surface area contributed by atoms with E-state index in [-0.39, 0.29) is 12.5 Å². The molecule has 0 atom stereocenters. The Kier molecular flexibility index (Phi) is 5.35. The van der Waals surface area contributed by atoms with Crippen molar-refractivity contribution in [1.82, 2.24) is 4.98 Å². The van der Waals surface area contributed by atoms with Gasteiger partial charge in [0.05, 0.1) is 23.9 Å². The van der Waals surface area contributed by atoms with Crippen molar-refractivity contribution in [2.75, 3.05) is 25.6 Å². The summed E-state index contributed by atoms with van der Waals surface area (Å²) in [6.07, 6.45) is 0. The summed E-state index contributed by atoms with van der Waals surface area (Å²) < 4.78 is 17.2. The standard InChI is InChI=1S/C18H18N2O4S/c1-3-23-14-6-4-5-7-15(14)24-11-17(21)20-18-19-13-9-8-12(22-2)10-16(13)25-18/h4-10H,3,11H2,1-2H3,(H,19,20,21). The second-order valence-electron chi connectivity index (χ2n) is 5.07. The van der Waals surface area contributed by atoms with Gasteiger partial charge in [0.15, 0.2) is 23.2 Å². The number of thiazole rings is 1. The number of methoxy groups -OCH3 is 1. The Bertz CT molecular complexity index is 878. The van der Waals surface area contributed by atoms with Gasteiger partial charge in [-0.3, -0.25) is 10.1 Å². The average Bonchev–Trinajstić information content (AvgIpc) is 3.02. The lowest BCUT2D eigenvalue weighted by atomic mass is 10.3. The van der Waals surface area contributed by atoms with Gasteiger partial charge in [0.2, 0.25) is 0 Å². The molecule has 0 aliphatic rings. The van der Waals surface area contributed by atoms with E-state index in [1.807, 2.05) is 37.3 Å². The van der Waals surface area contributed by atoms with Gasteiger partial charge < -0.3 is 14.2 Å². The zero-order valence-electron chi connectivity index (χ0n) is 13.9. The smallest absolute Gasteiger partial charge is 0.264 e. The number of aromatic nitrogens is 1. The van der Waals surface area contributed by atoms with Gasteiger partial charge in [-0.05, 0) is 37.3 Å². The van der Waals surface area contributed by atoms with Crippen molar-refractivity contribution in [1.29, 1.82) is 0 Å². The normalized spacial score (nSPS) is 10.5. The summed E-state index contributed by atoms with van der Waals surface area (Å²) in [5.41, 5.74) is 0.809. The SMILES string of the molecule is CCOc1ccccc1OCC(=O)Nc1nc2ccc(OC)cc2s1. The van der Waals surface area contributed by atoms with Crippen LogP contribution < -0.4 is 19.5 Å². The minimum atomic E-state index is -0.280. The van der Waals surface area contributed by atoms with Crippen molar-refractivity contribution in [2.45, 2.75) is 6.92 Å². The van der Waals surface area contributed by atoms with Crippen LogP contribution in [-0.2, 0) is 4.79 Å². The van der Waals surface area contributed by atoms with Crippen molar-refractivity contribution in [2.24, 2.45) is 0 Å². The molecule has 1 amide bonds. The average molecular weight is 358 g/mol. The summed E-state index contributed by atoms with van der Waals surface area (Å²) in [6, 6.07) is 12.8. The van der Waals surface area contributed by atoms with Gasteiger partial charge in [0.25, 0.3) is 5.91 Å². The van der Waals surface area contributed by atoms with Crippen LogP contribution in [0.15, 0.2) is 42.5 Å². The third-order valence-corrected chi connectivity index (χ3v) is 4.28. The number of rotatable bonds is 7. The summed E-state index contributed by atoms with van der Waals surface area (Å²) in [7, 11) is 1.61. The van der Waals surface area contributed by atoms with Crippen LogP contribution in [0.25, 0.3) is 10.2 Å². The third kappa shape index (κ3) is 4.19. The lowest BCUT2D eigenvalue weighted by Gasteiger charge is -2.10. The van der Waals surface area contributed by atoms with Crippen molar-refractivity contribution in [3.8, 4) is 17.2 Å². The van der Waals surface area contributed by atoms with Crippen molar-refractivity contribution in [3.63, 3.8) is 0 Å². The third-order valence-electron chi connectivity index (χ3n) is 3.35. The van der Waals surface area contributed by atoms with E-state index in [2.05, 4.69) is 10.3 Å². The second-order valence-corrected chi connectivity index (χ2v) is 6.10. The first-order valence-corrected chi connectivity index (χ1v) is 8.60. The minimum absolute atomic E-state index is 0.122. The van der Waals surface area contributed by atoms with Crippen LogP contribution in [0.1, 0.15) is 6.92 Å². The first-order valence-electron chi connectivity index (χ1n) is 7.78. The first-order chi connectivity index (χ1) is 12.2. The molecule has 0 aliphatic carbocycles. The van der Waals surface area contributed by atoms with Crippen LogP contribution in [-0.4, -0.2) is 31.2 Å². The summed E-state index contributed by atoms with van der Waals surface area (Å²) in [5.74, 6) is 1.63. The highest BCUT2D eigenvalue weighted by Crippen LogP contribution is 2.29. The van der Waals surface area contributed by atoms with Crippen LogP contribution in [0.3, 0.4) is 0 Å². The molecule has 1 aromatic heterocycles. The van der Waals surface area contributed by atoms with Gasteiger partial charge in [0.1, 0.15) is 5.75 Å². The predicted octanol–water partition coefficient (Wildman–Crippen LogP) is 3.72. The zero-order valence-corrected chi connectivity index (χ0v) is 14.8. The number of benzene rings is 2. The highest BCUT2D eigenvalue weighted by molar-refractivity contribution is 7.22. The highest BCUT2D eigenvalue weighted by Gasteiger charge is 2.11. The maximum Gasteiger partial charge on any atom is 0.264 e. The molecular weight excluding hydrogens is 340 g/mol. The van der Waals surface area contributed by atoms with Gasteiger partial charge in [0, 0.05) is 0 Å². The maximum absolute atomic E-state index is 12.1. The molecule has 3 rings (SSSR count). The van der Waals surface area contributed by atoms with E-state index < -0.39 is 0 Å². The molecule has 1 N–H and O–H groups in total. The molecule has 0 radical (unpaired) electrons. The predicted molar refractivity (Wildman–Crippen MR) is 97.9 cm³/mol. The molecule has 2 aromatic carbocycles. The second kappa shape index (κ2) is 7.85. The van der Waals surface area contributed by atoms with Gasteiger partial charge in [-0.1, -0.05) is 23.5 Å². The fourth-order valence-electron chi connectivity index (χ4n) is 2.23. The van der Waals surface area contributed by atoms with Crippen molar-refractivity contribution in [3.05, 3.63) is 42.5 Å². The number of nitrogens with zero attached hydrogens (tertiary/aromatic N) is 1. The molecule has 130 valence electrons. The summed E-state index contributed by atoms with van der Waals surface area (Å²) in [6.45, 7) is 2.30. The number of amides is 1. The van der Waals surface area contributed by atoms with E-state index in [1.165, 1.54) is 11.3 Å². The minimum Gasteiger partial charge on any atom is -0.497 e. The van der Waals surface area contributed by atoms with Crippen LogP contribution in [0, 0.1) is 0 Å². The van der Waals surface area contributed by atoms with Gasteiger partial charge in [-0.25, -0.2) is 4.98 Å². The monoisotopic (exact) mass is 358 g/mol. The largest absolute Gasteiger partial charge is 0.497 e. The number of hydrogen-bond donors (Lipinski definition) is 1. The Balaban J connectivity index is 1.63. The molecule has 0 saturated carbocycles. The van der Waals surface area contributed by atoms with Crippen LogP contribution in [0.4, 0.5) is 5.13 Å². The molecule has 3 aromatic rings. The van der Waals surface area contributed by atoms with E-state index in [1.54, 1.807) is 19.2 Å². The molecule has 6 nitrogen and oxygen atoms in total. The molecule has 0 saturated heterocycles. The van der Waals surface area contributed by atoms with Gasteiger partial charge >= 0.3 is 0 Å². The molecule has 0 unspecified atom stereocenters. The number of carbonyl (C=O) groups excluding carboxylic acids is 1. The number of carbonyl (C=O) groups is 1. The lowest BCUT2D eigenvalue weighted by molar-refractivity contribution is -0.118. The Morgan fingerprint density at radius 3 is 2.64 bits per heavy atom. The number of fused-ring (bicyclic) bond motifs is 1. The molecule has 1 heterocycles. The number of para-hydroxylation sites is 2. The van der Waals surface area contributed by atoms with Gasteiger partial charge in [-0.2, -0.15) is 0 Å². The fraction of sp³-hybridized carbons (Fsp3) is 0.222. The number of anilines is 1. The summed E-state index contributed by atoms with van der Waals surface area (Å²) >= 11 is 1.38. The Morgan fingerprint density at radius 2 is 1.92 bits per heavy atom. The molecule has 0 spiro atoms.